The Morgan fingerprint density at radius 3 is 2.69 bits per heavy atom. The van der Waals surface area contributed by atoms with Gasteiger partial charge < -0.3 is 10.1 Å². The van der Waals surface area contributed by atoms with Crippen molar-refractivity contribution in [3.05, 3.63) is 0 Å². The van der Waals surface area contributed by atoms with Crippen LogP contribution >= 0.6 is 11.8 Å². The topological polar surface area (TPSA) is 38.3 Å². The summed E-state index contributed by atoms with van der Waals surface area (Å²) in [5.74, 6) is -0.185. The maximum Gasteiger partial charge on any atom is 0.319 e. The van der Waals surface area contributed by atoms with Crippen LogP contribution in [-0.2, 0) is 9.53 Å². The molecule has 0 unspecified atom stereocenters. The zero-order chi connectivity index (χ0) is 9.73. The lowest BCUT2D eigenvalue weighted by atomic mass is 9.84. The maximum absolute atomic E-state index is 10.8. The van der Waals surface area contributed by atoms with E-state index in [0.29, 0.717) is 11.3 Å². The first-order valence-electron chi connectivity index (χ1n) is 4.55. The summed E-state index contributed by atoms with van der Waals surface area (Å²) in [7, 11) is 1.41. The number of hydrogen-bond acceptors (Lipinski definition) is 4. The van der Waals surface area contributed by atoms with Crippen LogP contribution in [0.2, 0.25) is 0 Å². The molecule has 3 nitrogen and oxygen atoms in total. The van der Waals surface area contributed by atoms with Crippen molar-refractivity contribution in [2.75, 3.05) is 26.5 Å². The lowest BCUT2D eigenvalue weighted by molar-refractivity contribution is -0.139. The highest BCUT2D eigenvalue weighted by Crippen LogP contribution is 2.41. The Morgan fingerprint density at radius 1 is 1.62 bits per heavy atom. The normalized spacial score (nSPS) is 19.2. The van der Waals surface area contributed by atoms with Gasteiger partial charge in [-0.1, -0.05) is 6.42 Å². The van der Waals surface area contributed by atoms with Gasteiger partial charge in [-0.25, -0.2) is 0 Å². The number of carbonyl (C=O) groups is 1. The third-order valence-electron chi connectivity index (χ3n) is 2.64. The molecule has 0 amide bonds. The second-order valence-corrected chi connectivity index (χ2v) is 4.69. The molecule has 1 rings (SSSR count). The van der Waals surface area contributed by atoms with Crippen molar-refractivity contribution in [3.63, 3.8) is 0 Å². The van der Waals surface area contributed by atoms with Crippen molar-refractivity contribution < 1.29 is 9.53 Å². The summed E-state index contributed by atoms with van der Waals surface area (Å²) in [6, 6.07) is 0. The molecule has 0 saturated heterocycles. The molecule has 0 spiro atoms. The molecule has 1 aliphatic rings. The lowest BCUT2D eigenvalue weighted by Gasteiger charge is -2.40. The fraction of sp³-hybridized carbons (Fsp3) is 0.889. The highest BCUT2D eigenvalue weighted by molar-refractivity contribution is 8.00. The van der Waals surface area contributed by atoms with E-state index in [1.807, 2.05) is 11.8 Å². The fourth-order valence-electron chi connectivity index (χ4n) is 1.49. The molecule has 0 aromatic heterocycles. The Hall–Kier alpha value is -0.220. The smallest absolute Gasteiger partial charge is 0.319 e. The highest BCUT2D eigenvalue weighted by Gasteiger charge is 2.35. The number of methoxy groups -OCH3 is 1. The van der Waals surface area contributed by atoms with Crippen LogP contribution in [0, 0.1) is 0 Å². The first kappa shape index (κ1) is 10.9. The van der Waals surface area contributed by atoms with E-state index in [9.17, 15) is 4.79 Å². The molecule has 4 heteroatoms. The summed E-state index contributed by atoms with van der Waals surface area (Å²) in [6.45, 7) is 1.25. The highest BCUT2D eigenvalue weighted by atomic mass is 32.2. The van der Waals surface area contributed by atoms with Gasteiger partial charge in [0.1, 0.15) is 0 Å². The average Bonchev–Trinajstić information content (AvgIpc) is 2.09. The van der Waals surface area contributed by atoms with E-state index in [1.165, 1.54) is 26.4 Å². The molecule has 13 heavy (non-hydrogen) atoms. The lowest BCUT2D eigenvalue weighted by Crippen LogP contribution is -2.44. The van der Waals surface area contributed by atoms with E-state index in [0.717, 1.165) is 6.54 Å². The van der Waals surface area contributed by atoms with Crippen molar-refractivity contribution in [2.24, 2.45) is 0 Å². The van der Waals surface area contributed by atoms with Crippen LogP contribution in [-0.4, -0.2) is 37.2 Å². The molecule has 0 heterocycles. The van der Waals surface area contributed by atoms with Gasteiger partial charge in [0.2, 0.25) is 0 Å². The molecule has 0 bridgehead atoms. The van der Waals surface area contributed by atoms with Crippen LogP contribution in [0.3, 0.4) is 0 Å². The van der Waals surface area contributed by atoms with Crippen molar-refractivity contribution >= 4 is 17.7 Å². The predicted octanol–water partition coefficient (Wildman–Crippen LogP) is 1.03. The van der Waals surface area contributed by atoms with Gasteiger partial charge in [0.25, 0.3) is 0 Å². The van der Waals surface area contributed by atoms with E-state index >= 15 is 0 Å². The fourth-order valence-corrected chi connectivity index (χ4v) is 2.43. The van der Waals surface area contributed by atoms with Gasteiger partial charge in [-0.05, 0) is 19.1 Å². The first-order valence-corrected chi connectivity index (χ1v) is 5.77. The zero-order valence-corrected chi connectivity index (χ0v) is 9.08. The van der Waals surface area contributed by atoms with Crippen molar-refractivity contribution in [1.82, 2.24) is 5.32 Å². The van der Waals surface area contributed by atoms with Gasteiger partial charge in [-0.3, -0.25) is 4.79 Å². The predicted molar refractivity (Wildman–Crippen MR) is 55.0 cm³/mol. The molecule has 1 fully saturated rings. The molecule has 0 atom stereocenters. The largest absolute Gasteiger partial charge is 0.468 e. The van der Waals surface area contributed by atoms with E-state index in [-0.39, 0.29) is 5.97 Å². The number of hydrogen-bond donors (Lipinski definition) is 1. The molecule has 1 aliphatic carbocycles. The quantitative estimate of drug-likeness (QED) is 0.677. The summed E-state index contributed by atoms with van der Waals surface area (Å²) < 4.78 is 4.94. The monoisotopic (exact) mass is 203 g/mol. The van der Waals surface area contributed by atoms with Crippen LogP contribution in [0.4, 0.5) is 0 Å². The molecule has 0 aliphatic heterocycles. The molecule has 1 saturated carbocycles. The van der Waals surface area contributed by atoms with Crippen LogP contribution in [0.1, 0.15) is 19.3 Å². The molecule has 0 aromatic carbocycles. The Kier molecular flexibility index (Phi) is 4.06. The number of ether oxygens (including phenoxy) is 1. The Morgan fingerprint density at radius 2 is 2.31 bits per heavy atom. The molecular formula is C9H17NO2S. The third-order valence-corrected chi connectivity index (χ3v) is 4.06. The van der Waals surface area contributed by atoms with Gasteiger partial charge in [0.15, 0.2) is 0 Å². The summed E-state index contributed by atoms with van der Waals surface area (Å²) in [4.78, 5) is 10.8. The van der Waals surface area contributed by atoms with Crippen LogP contribution in [0.25, 0.3) is 0 Å². The van der Waals surface area contributed by atoms with Gasteiger partial charge in [0.05, 0.1) is 13.7 Å². The minimum absolute atomic E-state index is 0.185. The zero-order valence-electron chi connectivity index (χ0n) is 8.26. The summed E-state index contributed by atoms with van der Waals surface area (Å²) in [6.07, 6.45) is 5.99. The average molecular weight is 203 g/mol. The van der Waals surface area contributed by atoms with E-state index in [2.05, 4.69) is 16.3 Å². The van der Waals surface area contributed by atoms with Gasteiger partial charge >= 0.3 is 5.97 Å². The molecular weight excluding hydrogens is 186 g/mol. The van der Waals surface area contributed by atoms with Crippen LogP contribution in [0.5, 0.6) is 0 Å². The second-order valence-electron chi connectivity index (χ2n) is 3.42. The third kappa shape index (κ3) is 2.88. The number of thioether (sulfide) groups is 1. The number of nitrogens with one attached hydrogen (secondary N) is 1. The molecule has 1 N–H and O–H groups in total. The van der Waals surface area contributed by atoms with Gasteiger partial charge in [-0.2, -0.15) is 11.8 Å². The first-order chi connectivity index (χ1) is 6.22. The second kappa shape index (κ2) is 4.86. The summed E-state index contributed by atoms with van der Waals surface area (Å²) in [5, 5.41) is 3.13. The van der Waals surface area contributed by atoms with Crippen molar-refractivity contribution in [1.29, 1.82) is 0 Å². The number of esters is 1. The Balaban J connectivity index is 2.14. The number of rotatable bonds is 5. The maximum atomic E-state index is 10.8. The van der Waals surface area contributed by atoms with Crippen molar-refractivity contribution in [2.45, 2.75) is 24.0 Å². The Labute approximate surface area is 83.6 Å². The molecule has 0 radical (unpaired) electrons. The minimum Gasteiger partial charge on any atom is -0.468 e. The SMILES string of the molecule is COC(=O)CNCC1(SC)CCC1. The van der Waals surface area contributed by atoms with Gasteiger partial charge in [0, 0.05) is 11.3 Å². The molecule has 76 valence electrons. The van der Waals surface area contributed by atoms with Gasteiger partial charge in [-0.15, -0.1) is 0 Å². The minimum atomic E-state index is -0.185. The standard InChI is InChI=1S/C9H17NO2S/c1-12-8(11)6-10-7-9(13-2)4-3-5-9/h10H,3-7H2,1-2H3. The number of carbonyl (C=O) groups excluding carboxylic acids is 1. The summed E-state index contributed by atoms with van der Waals surface area (Å²) >= 11 is 1.90. The molecule has 0 aromatic rings. The van der Waals surface area contributed by atoms with Crippen LogP contribution in [0.15, 0.2) is 0 Å². The van der Waals surface area contributed by atoms with E-state index < -0.39 is 0 Å². The van der Waals surface area contributed by atoms with Crippen molar-refractivity contribution in [3.8, 4) is 0 Å². The van der Waals surface area contributed by atoms with E-state index in [1.54, 1.807) is 0 Å². The summed E-state index contributed by atoms with van der Waals surface area (Å²) in [5.41, 5.74) is 0. The Bertz CT molecular complexity index is 175. The van der Waals surface area contributed by atoms with Crippen LogP contribution < -0.4 is 5.32 Å². The van der Waals surface area contributed by atoms with E-state index in [4.69, 9.17) is 0 Å².